The van der Waals surface area contributed by atoms with E-state index in [2.05, 4.69) is 25.7 Å². The fraction of sp³-hybridized carbons (Fsp3) is 1.00. The highest BCUT2D eigenvalue weighted by Gasteiger charge is 2.28. The van der Waals surface area contributed by atoms with Crippen molar-refractivity contribution in [1.29, 1.82) is 0 Å². The van der Waals surface area contributed by atoms with E-state index in [-0.39, 0.29) is 0 Å². The fourth-order valence-corrected chi connectivity index (χ4v) is 5.09. The van der Waals surface area contributed by atoms with Crippen LogP contribution < -0.4 is 0 Å². The molecule has 0 N–H and O–H groups in total. The minimum atomic E-state index is -3.02. The SMILES string of the molecule is CC(C)C1CCN(CCOCC(C)C2CCN(S(C)(=O)=O)CC2)CC1. The summed E-state index contributed by atoms with van der Waals surface area (Å²) in [4.78, 5) is 2.54. The Kier molecular flexibility index (Phi) is 8.18. The van der Waals surface area contributed by atoms with Crippen molar-refractivity contribution in [3.05, 3.63) is 0 Å². The van der Waals surface area contributed by atoms with E-state index >= 15 is 0 Å². The number of sulfonamides is 1. The second kappa shape index (κ2) is 9.67. The van der Waals surface area contributed by atoms with Gasteiger partial charge in [-0.15, -0.1) is 0 Å². The first kappa shape index (κ1) is 21.1. The largest absolute Gasteiger partial charge is 0.380 e. The lowest BCUT2D eigenvalue weighted by Crippen LogP contribution is -2.40. The number of likely N-dealkylation sites (tertiary alicyclic amines) is 1. The number of nitrogens with zero attached hydrogens (tertiary/aromatic N) is 2. The van der Waals surface area contributed by atoms with Crippen molar-refractivity contribution in [2.45, 2.75) is 46.5 Å². The van der Waals surface area contributed by atoms with Gasteiger partial charge in [0.2, 0.25) is 10.0 Å². The third kappa shape index (κ3) is 6.81. The molecule has 6 heteroatoms. The van der Waals surface area contributed by atoms with Crippen LogP contribution in [0.3, 0.4) is 0 Å². The number of ether oxygens (including phenoxy) is 1. The molecule has 0 saturated carbocycles. The Morgan fingerprint density at radius 2 is 1.52 bits per heavy atom. The maximum absolute atomic E-state index is 11.6. The number of hydrogen-bond acceptors (Lipinski definition) is 4. The van der Waals surface area contributed by atoms with Gasteiger partial charge in [0, 0.05) is 26.2 Å². The molecule has 2 aliphatic heterocycles. The molecule has 0 radical (unpaired) electrons. The first-order chi connectivity index (χ1) is 11.8. The van der Waals surface area contributed by atoms with Gasteiger partial charge in [-0.3, -0.25) is 0 Å². The molecule has 0 bridgehead atoms. The van der Waals surface area contributed by atoms with Crippen LogP contribution in [0.25, 0.3) is 0 Å². The van der Waals surface area contributed by atoms with E-state index in [9.17, 15) is 8.42 Å². The Hall–Kier alpha value is -0.170. The van der Waals surface area contributed by atoms with Crippen LogP contribution in [0.1, 0.15) is 46.5 Å². The third-order valence-electron chi connectivity index (χ3n) is 6.28. The number of piperidine rings is 2. The van der Waals surface area contributed by atoms with Gasteiger partial charge in [-0.2, -0.15) is 0 Å². The Morgan fingerprint density at radius 3 is 2.04 bits per heavy atom. The first-order valence-corrected chi connectivity index (χ1v) is 11.9. The highest BCUT2D eigenvalue weighted by atomic mass is 32.2. The maximum Gasteiger partial charge on any atom is 0.211 e. The normalized spacial score (nSPS) is 24.0. The first-order valence-electron chi connectivity index (χ1n) is 10.0. The van der Waals surface area contributed by atoms with Crippen LogP contribution in [0.2, 0.25) is 0 Å². The molecule has 148 valence electrons. The van der Waals surface area contributed by atoms with E-state index in [4.69, 9.17) is 4.74 Å². The number of hydrogen-bond donors (Lipinski definition) is 0. The van der Waals surface area contributed by atoms with Crippen LogP contribution in [0.4, 0.5) is 0 Å². The molecule has 0 amide bonds. The van der Waals surface area contributed by atoms with Crippen LogP contribution in [0, 0.1) is 23.7 Å². The van der Waals surface area contributed by atoms with Crippen LogP contribution >= 0.6 is 0 Å². The summed E-state index contributed by atoms with van der Waals surface area (Å²) in [5, 5.41) is 0. The van der Waals surface area contributed by atoms with Crippen LogP contribution in [0.5, 0.6) is 0 Å². The van der Waals surface area contributed by atoms with Gasteiger partial charge in [-0.05, 0) is 62.4 Å². The maximum atomic E-state index is 11.6. The lowest BCUT2D eigenvalue weighted by atomic mass is 9.86. The second-order valence-corrected chi connectivity index (χ2v) is 10.5. The summed E-state index contributed by atoms with van der Waals surface area (Å²) in [5.41, 5.74) is 0. The van der Waals surface area contributed by atoms with Crippen molar-refractivity contribution in [2.24, 2.45) is 23.7 Å². The average molecular weight is 375 g/mol. The van der Waals surface area contributed by atoms with Gasteiger partial charge in [0.15, 0.2) is 0 Å². The summed E-state index contributed by atoms with van der Waals surface area (Å²) in [5.74, 6) is 2.80. The van der Waals surface area contributed by atoms with E-state index in [1.165, 1.54) is 32.2 Å². The number of rotatable bonds is 8. The van der Waals surface area contributed by atoms with Crippen LogP contribution in [-0.2, 0) is 14.8 Å². The van der Waals surface area contributed by atoms with E-state index < -0.39 is 10.0 Å². The molecule has 1 unspecified atom stereocenters. The van der Waals surface area contributed by atoms with Crippen molar-refractivity contribution in [2.75, 3.05) is 52.2 Å². The Morgan fingerprint density at radius 1 is 0.960 bits per heavy atom. The second-order valence-electron chi connectivity index (χ2n) is 8.47. The van der Waals surface area contributed by atoms with Gasteiger partial charge in [0.25, 0.3) is 0 Å². The highest BCUT2D eigenvalue weighted by Crippen LogP contribution is 2.26. The minimum Gasteiger partial charge on any atom is -0.380 e. The monoisotopic (exact) mass is 374 g/mol. The van der Waals surface area contributed by atoms with Gasteiger partial charge in [0.05, 0.1) is 12.9 Å². The summed E-state index contributed by atoms with van der Waals surface area (Å²) in [6.07, 6.45) is 5.88. The quantitative estimate of drug-likeness (QED) is 0.613. The fourth-order valence-electron chi connectivity index (χ4n) is 4.22. The molecule has 5 nitrogen and oxygen atoms in total. The van der Waals surface area contributed by atoms with E-state index in [0.29, 0.717) is 24.9 Å². The van der Waals surface area contributed by atoms with Crippen molar-refractivity contribution in [1.82, 2.24) is 9.21 Å². The summed E-state index contributed by atoms with van der Waals surface area (Å²) < 4.78 is 30.7. The Labute approximate surface area is 155 Å². The molecular formula is C19H38N2O3S. The molecule has 25 heavy (non-hydrogen) atoms. The molecule has 1 atom stereocenters. The van der Waals surface area contributed by atoms with Crippen molar-refractivity contribution in [3.8, 4) is 0 Å². The molecule has 0 aromatic rings. The Balaban J connectivity index is 1.57. The highest BCUT2D eigenvalue weighted by molar-refractivity contribution is 7.88. The Bertz CT molecular complexity index is 479. The van der Waals surface area contributed by atoms with Gasteiger partial charge in [-0.1, -0.05) is 20.8 Å². The molecule has 0 spiro atoms. The summed E-state index contributed by atoms with van der Waals surface area (Å²) >= 11 is 0. The van der Waals surface area contributed by atoms with Crippen molar-refractivity contribution in [3.63, 3.8) is 0 Å². The molecule has 2 aliphatic rings. The van der Waals surface area contributed by atoms with Gasteiger partial charge in [-0.25, -0.2) is 12.7 Å². The molecule has 2 rings (SSSR count). The molecule has 2 heterocycles. The third-order valence-corrected chi connectivity index (χ3v) is 7.58. The standard InChI is InChI=1S/C19H38N2O3S/c1-16(2)18-5-9-20(10-6-18)13-14-24-15-17(3)19-7-11-21(12-8-19)25(4,22)23/h16-19H,5-15H2,1-4H3. The molecule has 0 aromatic heterocycles. The molecule has 2 fully saturated rings. The average Bonchev–Trinajstić information content (AvgIpc) is 2.58. The lowest BCUT2D eigenvalue weighted by Gasteiger charge is -2.34. The predicted octanol–water partition coefficient (Wildman–Crippen LogP) is 2.68. The van der Waals surface area contributed by atoms with Gasteiger partial charge >= 0.3 is 0 Å². The topological polar surface area (TPSA) is 49.9 Å². The minimum absolute atomic E-state index is 0.508. The van der Waals surface area contributed by atoms with Crippen LogP contribution in [0.15, 0.2) is 0 Å². The zero-order chi connectivity index (χ0) is 18.4. The van der Waals surface area contributed by atoms with E-state index in [0.717, 1.165) is 44.4 Å². The smallest absolute Gasteiger partial charge is 0.211 e. The van der Waals surface area contributed by atoms with Gasteiger partial charge < -0.3 is 9.64 Å². The molecular weight excluding hydrogens is 336 g/mol. The van der Waals surface area contributed by atoms with Crippen LogP contribution in [-0.4, -0.2) is 69.8 Å². The predicted molar refractivity (Wildman–Crippen MR) is 103 cm³/mol. The van der Waals surface area contributed by atoms with E-state index in [1.807, 2.05) is 0 Å². The zero-order valence-electron chi connectivity index (χ0n) is 16.6. The molecule has 0 aromatic carbocycles. The summed E-state index contributed by atoms with van der Waals surface area (Å²) in [6, 6.07) is 0. The summed E-state index contributed by atoms with van der Waals surface area (Å²) in [6.45, 7) is 13.3. The molecule has 0 aliphatic carbocycles. The van der Waals surface area contributed by atoms with Crippen molar-refractivity contribution < 1.29 is 13.2 Å². The van der Waals surface area contributed by atoms with Crippen molar-refractivity contribution >= 4 is 10.0 Å². The zero-order valence-corrected chi connectivity index (χ0v) is 17.4. The van der Waals surface area contributed by atoms with E-state index in [1.54, 1.807) is 4.31 Å². The summed E-state index contributed by atoms with van der Waals surface area (Å²) in [7, 11) is -3.02. The molecule has 2 saturated heterocycles. The van der Waals surface area contributed by atoms with Gasteiger partial charge in [0.1, 0.15) is 0 Å². The lowest BCUT2D eigenvalue weighted by molar-refractivity contribution is 0.0473.